The highest BCUT2D eigenvalue weighted by molar-refractivity contribution is 14.0. The maximum absolute atomic E-state index is 9.51. The molecule has 0 unspecified atom stereocenters. The van der Waals surface area contributed by atoms with Crippen molar-refractivity contribution in [1.82, 2.24) is 20.8 Å². The molecule has 1 aliphatic rings. The van der Waals surface area contributed by atoms with Crippen LogP contribution in [0.5, 0.6) is 0 Å². The van der Waals surface area contributed by atoms with Crippen LogP contribution in [0.4, 0.5) is 0 Å². The predicted octanol–water partition coefficient (Wildman–Crippen LogP) is 4.40. The SMILES string of the molecule is CCNC(=NCc1nc(-c2cccc(Cl)c2)no1)NCC1(CCO)CCCCC1.I. The van der Waals surface area contributed by atoms with Gasteiger partial charge in [-0.1, -0.05) is 48.2 Å². The van der Waals surface area contributed by atoms with Gasteiger partial charge >= 0.3 is 0 Å². The molecule has 1 saturated carbocycles. The van der Waals surface area contributed by atoms with Crippen LogP contribution in [-0.4, -0.2) is 40.9 Å². The molecule has 7 nitrogen and oxygen atoms in total. The van der Waals surface area contributed by atoms with Crippen molar-refractivity contribution in [1.29, 1.82) is 0 Å². The molecule has 1 fully saturated rings. The second kappa shape index (κ2) is 12.5. The molecule has 1 aromatic carbocycles. The highest BCUT2D eigenvalue weighted by Crippen LogP contribution is 2.38. The minimum atomic E-state index is 0. The Morgan fingerprint density at radius 2 is 2.07 bits per heavy atom. The Labute approximate surface area is 200 Å². The van der Waals surface area contributed by atoms with Crippen LogP contribution in [0.15, 0.2) is 33.8 Å². The van der Waals surface area contributed by atoms with E-state index in [1.54, 1.807) is 12.1 Å². The minimum Gasteiger partial charge on any atom is -0.396 e. The molecular weight excluding hydrogens is 517 g/mol. The molecule has 1 aromatic heterocycles. The molecule has 1 aliphatic carbocycles. The van der Waals surface area contributed by atoms with Gasteiger partial charge in [-0.05, 0) is 43.7 Å². The summed E-state index contributed by atoms with van der Waals surface area (Å²) in [4.78, 5) is 9.01. The van der Waals surface area contributed by atoms with E-state index < -0.39 is 0 Å². The Kier molecular flexibility index (Phi) is 10.3. The van der Waals surface area contributed by atoms with Gasteiger partial charge in [0.1, 0.15) is 6.54 Å². The Hall–Kier alpha value is -1.39. The first-order valence-corrected chi connectivity index (χ1v) is 10.7. The molecule has 30 heavy (non-hydrogen) atoms. The maximum Gasteiger partial charge on any atom is 0.248 e. The Morgan fingerprint density at radius 1 is 1.27 bits per heavy atom. The molecule has 1 heterocycles. The summed E-state index contributed by atoms with van der Waals surface area (Å²) in [5.41, 5.74) is 0.956. The largest absolute Gasteiger partial charge is 0.396 e. The number of hydrogen-bond donors (Lipinski definition) is 3. The number of aliphatic hydroxyl groups is 1. The molecule has 2 aromatic rings. The molecule has 9 heteroatoms. The Morgan fingerprint density at radius 3 is 2.77 bits per heavy atom. The number of guanidine groups is 1. The third kappa shape index (κ3) is 7.09. The highest BCUT2D eigenvalue weighted by atomic mass is 127. The van der Waals surface area contributed by atoms with E-state index in [0.717, 1.165) is 43.9 Å². The van der Waals surface area contributed by atoms with E-state index in [9.17, 15) is 5.11 Å². The number of hydrogen-bond acceptors (Lipinski definition) is 5. The van der Waals surface area contributed by atoms with Crippen LogP contribution in [0.2, 0.25) is 5.02 Å². The fourth-order valence-corrected chi connectivity index (χ4v) is 4.07. The zero-order chi connectivity index (χ0) is 20.5. The first kappa shape index (κ1) is 24.9. The fraction of sp³-hybridized carbons (Fsp3) is 0.571. The topological polar surface area (TPSA) is 95.6 Å². The van der Waals surface area contributed by atoms with Crippen LogP contribution in [0.1, 0.15) is 51.3 Å². The Balaban J connectivity index is 0.00000320. The molecular formula is C21H31ClIN5O2. The average Bonchev–Trinajstić information content (AvgIpc) is 3.20. The van der Waals surface area contributed by atoms with Gasteiger partial charge in [0.05, 0.1) is 0 Å². The summed E-state index contributed by atoms with van der Waals surface area (Å²) in [6.45, 7) is 4.11. The summed E-state index contributed by atoms with van der Waals surface area (Å²) in [5.74, 6) is 1.66. The molecule has 166 valence electrons. The Bertz CT molecular complexity index is 803. The first-order valence-electron chi connectivity index (χ1n) is 10.4. The predicted molar refractivity (Wildman–Crippen MR) is 130 cm³/mol. The van der Waals surface area contributed by atoms with Crippen molar-refractivity contribution in [3.8, 4) is 11.4 Å². The molecule has 0 saturated heterocycles. The molecule has 3 rings (SSSR count). The van der Waals surface area contributed by atoms with Crippen molar-refractivity contribution in [2.75, 3.05) is 19.7 Å². The number of aliphatic hydroxyl groups excluding tert-OH is 1. The molecule has 0 bridgehead atoms. The van der Waals surface area contributed by atoms with E-state index >= 15 is 0 Å². The van der Waals surface area contributed by atoms with Crippen LogP contribution in [-0.2, 0) is 6.54 Å². The van der Waals surface area contributed by atoms with Gasteiger partial charge in [0.25, 0.3) is 0 Å². The number of aliphatic imine (C=N–C) groups is 1. The van der Waals surface area contributed by atoms with Gasteiger partial charge in [-0.3, -0.25) is 0 Å². The van der Waals surface area contributed by atoms with E-state index in [-0.39, 0.29) is 42.5 Å². The number of rotatable bonds is 8. The molecule has 3 N–H and O–H groups in total. The zero-order valence-electron chi connectivity index (χ0n) is 17.4. The lowest BCUT2D eigenvalue weighted by Crippen LogP contribution is -2.44. The normalized spacial score (nSPS) is 16.0. The number of nitrogens with one attached hydrogen (secondary N) is 2. The second-order valence-electron chi connectivity index (χ2n) is 7.61. The molecule has 0 spiro atoms. The molecule has 0 amide bonds. The van der Waals surface area contributed by atoms with E-state index in [2.05, 4.69) is 25.8 Å². The molecule has 0 aliphatic heterocycles. The van der Waals surface area contributed by atoms with E-state index in [1.165, 1.54) is 19.3 Å². The van der Waals surface area contributed by atoms with Gasteiger partial charge in [0.2, 0.25) is 11.7 Å². The number of nitrogens with zero attached hydrogens (tertiary/aromatic N) is 3. The van der Waals surface area contributed by atoms with Crippen molar-refractivity contribution in [2.45, 2.75) is 52.0 Å². The van der Waals surface area contributed by atoms with Crippen molar-refractivity contribution >= 4 is 41.5 Å². The standard InChI is InChI=1S/C21H30ClN5O2.HI/c1-2-23-20(25-15-21(11-12-28)9-4-3-5-10-21)24-14-18-26-19(27-29-18)16-7-6-8-17(22)13-16;/h6-8,13,28H,2-5,9-12,14-15H2,1H3,(H2,23,24,25);1H. The van der Waals surface area contributed by atoms with Crippen molar-refractivity contribution in [3.05, 3.63) is 35.2 Å². The fourth-order valence-electron chi connectivity index (χ4n) is 3.88. The van der Waals surface area contributed by atoms with E-state index in [1.807, 2.05) is 19.1 Å². The monoisotopic (exact) mass is 547 g/mol. The summed E-state index contributed by atoms with van der Waals surface area (Å²) in [6, 6.07) is 7.35. The molecule has 0 atom stereocenters. The smallest absolute Gasteiger partial charge is 0.248 e. The lowest BCUT2D eigenvalue weighted by atomic mass is 9.72. The van der Waals surface area contributed by atoms with Crippen molar-refractivity contribution in [2.24, 2.45) is 10.4 Å². The summed E-state index contributed by atoms with van der Waals surface area (Å²) in [7, 11) is 0. The average molecular weight is 548 g/mol. The van der Waals surface area contributed by atoms with E-state index in [0.29, 0.717) is 16.7 Å². The van der Waals surface area contributed by atoms with Crippen LogP contribution in [0, 0.1) is 5.41 Å². The molecule has 0 radical (unpaired) electrons. The van der Waals surface area contributed by atoms with Crippen molar-refractivity contribution in [3.63, 3.8) is 0 Å². The number of benzene rings is 1. The number of aromatic nitrogens is 2. The maximum atomic E-state index is 9.51. The van der Waals surface area contributed by atoms with Crippen LogP contribution in [0.25, 0.3) is 11.4 Å². The summed E-state index contributed by atoms with van der Waals surface area (Å²) >= 11 is 6.03. The van der Waals surface area contributed by atoms with Crippen molar-refractivity contribution < 1.29 is 9.63 Å². The van der Waals surface area contributed by atoms with Gasteiger partial charge in [0.15, 0.2) is 5.96 Å². The van der Waals surface area contributed by atoms with Crippen LogP contribution < -0.4 is 10.6 Å². The highest BCUT2D eigenvalue weighted by Gasteiger charge is 2.31. The third-order valence-electron chi connectivity index (χ3n) is 5.45. The zero-order valence-corrected chi connectivity index (χ0v) is 20.5. The summed E-state index contributed by atoms with van der Waals surface area (Å²) in [6.07, 6.45) is 6.85. The van der Waals surface area contributed by atoms with E-state index in [4.69, 9.17) is 16.1 Å². The quantitative estimate of drug-likeness (QED) is 0.258. The summed E-state index contributed by atoms with van der Waals surface area (Å²) in [5, 5.41) is 20.9. The van der Waals surface area contributed by atoms with Gasteiger partial charge < -0.3 is 20.3 Å². The van der Waals surface area contributed by atoms with Gasteiger partial charge in [-0.2, -0.15) is 4.98 Å². The van der Waals surface area contributed by atoms with Gasteiger partial charge in [-0.25, -0.2) is 4.99 Å². The minimum absolute atomic E-state index is 0. The second-order valence-corrected chi connectivity index (χ2v) is 8.04. The lowest BCUT2D eigenvalue weighted by Gasteiger charge is -2.37. The first-order chi connectivity index (χ1) is 14.1. The summed E-state index contributed by atoms with van der Waals surface area (Å²) < 4.78 is 5.34. The van der Waals surface area contributed by atoms with Gasteiger partial charge in [-0.15, -0.1) is 24.0 Å². The number of halogens is 2. The van der Waals surface area contributed by atoms with Crippen LogP contribution >= 0.6 is 35.6 Å². The van der Waals surface area contributed by atoms with Crippen LogP contribution in [0.3, 0.4) is 0 Å². The lowest BCUT2D eigenvalue weighted by molar-refractivity contribution is 0.131. The van der Waals surface area contributed by atoms with Gasteiger partial charge in [0, 0.05) is 30.3 Å². The third-order valence-corrected chi connectivity index (χ3v) is 5.69.